The maximum atomic E-state index is 12.7. The SMILES string of the molecule is N#CC1CNC(C(=O)Nc2ccc(C3(C#N)CCC(O)CC3)cc2C2=CCCCC2)=N1. The first kappa shape index (κ1) is 21.1. The minimum atomic E-state index is -0.608. The summed E-state index contributed by atoms with van der Waals surface area (Å²) in [6, 6.07) is 9.88. The maximum Gasteiger partial charge on any atom is 0.290 e. The molecule has 160 valence electrons. The smallest absolute Gasteiger partial charge is 0.290 e. The highest BCUT2D eigenvalue weighted by molar-refractivity contribution is 6.42. The van der Waals surface area contributed by atoms with Gasteiger partial charge in [0.2, 0.25) is 0 Å². The second-order valence-corrected chi connectivity index (χ2v) is 8.62. The van der Waals surface area contributed by atoms with E-state index in [0.29, 0.717) is 37.9 Å². The van der Waals surface area contributed by atoms with E-state index >= 15 is 0 Å². The van der Waals surface area contributed by atoms with Crippen LogP contribution in [0.2, 0.25) is 0 Å². The number of aliphatic hydroxyl groups excluding tert-OH is 1. The third-order valence-corrected chi connectivity index (χ3v) is 6.59. The Morgan fingerprint density at radius 3 is 2.71 bits per heavy atom. The zero-order valence-electron chi connectivity index (χ0n) is 17.5. The lowest BCUT2D eigenvalue weighted by Crippen LogP contribution is -2.33. The van der Waals surface area contributed by atoms with Crippen LogP contribution in [0.5, 0.6) is 0 Å². The third kappa shape index (κ3) is 4.33. The van der Waals surface area contributed by atoms with Crippen molar-refractivity contribution in [2.24, 2.45) is 4.99 Å². The summed E-state index contributed by atoms with van der Waals surface area (Å²) in [5.74, 6) is -0.187. The number of aliphatic imine (C=N–C) groups is 1. The molecule has 3 aliphatic rings. The Labute approximate surface area is 182 Å². The van der Waals surface area contributed by atoms with Crippen LogP contribution in [-0.2, 0) is 10.2 Å². The molecule has 4 rings (SSSR count). The summed E-state index contributed by atoms with van der Waals surface area (Å²) in [4.78, 5) is 16.9. The van der Waals surface area contributed by atoms with Crippen LogP contribution in [0.25, 0.3) is 5.57 Å². The molecule has 0 radical (unpaired) electrons. The van der Waals surface area contributed by atoms with Crippen molar-refractivity contribution in [3.63, 3.8) is 0 Å². The van der Waals surface area contributed by atoms with E-state index < -0.39 is 11.5 Å². The van der Waals surface area contributed by atoms with Crippen LogP contribution in [0.4, 0.5) is 5.69 Å². The minimum absolute atomic E-state index is 0.175. The Hall–Kier alpha value is -3.16. The predicted octanol–water partition coefficient (Wildman–Crippen LogP) is 3.17. The van der Waals surface area contributed by atoms with E-state index in [-0.39, 0.29) is 17.8 Å². The lowest BCUT2D eigenvalue weighted by Gasteiger charge is -2.34. The van der Waals surface area contributed by atoms with Gasteiger partial charge in [-0.1, -0.05) is 12.1 Å². The van der Waals surface area contributed by atoms with Gasteiger partial charge in [0.15, 0.2) is 11.9 Å². The zero-order valence-corrected chi connectivity index (χ0v) is 17.5. The Balaban J connectivity index is 1.67. The Kier molecular flexibility index (Phi) is 6.06. The van der Waals surface area contributed by atoms with Gasteiger partial charge in [-0.3, -0.25) is 4.79 Å². The molecule has 7 heteroatoms. The van der Waals surface area contributed by atoms with Gasteiger partial charge in [-0.05, 0) is 74.6 Å². The summed E-state index contributed by atoms with van der Waals surface area (Å²) in [6.45, 7) is 0.340. The van der Waals surface area contributed by atoms with E-state index in [9.17, 15) is 15.2 Å². The maximum absolute atomic E-state index is 12.7. The highest BCUT2D eigenvalue weighted by Gasteiger charge is 2.37. The quantitative estimate of drug-likeness (QED) is 0.695. The number of amidine groups is 1. The average molecular weight is 418 g/mol. The number of aliphatic hydroxyl groups is 1. The molecule has 0 saturated heterocycles. The van der Waals surface area contributed by atoms with Crippen molar-refractivity contribution in [1.82, 2.24) is 5.32 Å². The molecule has 3 N–H and O–H groups in total. The Bertz CT molecular complexity index is 1010. The third-order valence-electron chi connectivity index (χ3n) is 6.59. The minimum Gasteiger partial charge on any atom is -0.393 e. The van der Waals surface area contributed by atoms with E-state index in [1.54, 1.807) is 0 Å². The van der Waals surface area contributed by atoms with Gasteiger partial charge in [-0.2, -0.15) is 10.5 Å². The summed E-state index contributed by atoms with van der Waals surface area (Å²) < 4.78 is 0. The molecular formula is C24H27N5O2. The Morgan fingerprint density at radius 1 is 1.26 bits per heavy atom. The highest BCUT2D eigenvalue weighted by Crippen LogP contribution is 2.42. The normalized spacial score (nSPS) is 27.8. The zero-order chi connectivity index (χ0) is 21.8. The van der Waals surface area contributed by atoms with E-state index in [1.807, 2.05) is 18.2 Å². The van der Waals surface area contributed by atoms with E-state index in [0.717, 1.165) is 36.8 Å². The second kappa shape index (κ2) is 8.91. The monoisotopic (exact) mass is 417 g/mol. The summed E-state index contributed by atoms with van der Waals surface area (Å²) in [6.07, 6.45) is 8.57. The highest BCUT2D eigenvalue weighted by atomic mass is 16.3. The van der Waals surface area contributed by atoms with Gasteiger partial charge in [-0.25, -0.2) is 4.99 Å². The molecule has 1 fully saturated rings. The molecule has 1 saturated carbocycles. The molecule has 0 spiro atoms. The number of rotatable bonds is 4. The number of nitriles is 2. The van der Waals surface area contributed by atoms with Crippen molar-refractivity contribution in [1.29, 1.82) is 10.5 Å². The van der Waals surface area contributed by atoms with Crippen LogP contribution in [0.3, 0.4) is 0 Å². The first-order valence-electron chi connectivity index (χ1n) is 11.0. The molecule has 1 heterocycles. The van der Waals surface area contributed by atoms with E-state index in [2.05, 4.69) is 33.8 Å². The molecule has 2 aliphatic carbocycles. The first-order valence-corrected chi connectivity index (χ1v) is 11.0. The molecule has 1 amide bonds. The van der Waals surface area contributed by atoms with Crippen molar-refractivity contribution < 1.29 is 9.90 Å². The van der Waals surface area contributed by atoms with E-state index in [1.165, 1.54) is 5.57 Å². The fourth-order valence-corrected chi connectivity index (χ4v) is 4.70. The largest absolute Gasteiger partial charge is 0.393 e. The summed E-state index contributed by atoms with van der Waals surface area (Å²) >= 11 is 0. The second-order valence-electron chi connectivity index (χ2n) is 8.62. The molecule has 1 atom stereocenters. The van der Waals surface area contributed by atoms with Crippen LogP contribution >= 0.6 is 0 Å². The topological polar surface area (TPSA) is 121 Å². The molecule has 31 heavy (non-hydrogen) atoms. The number of carbonyl (C=O) groups excluding carboxylic acids is 1. The molecule has 0 aromatic heterocycles. The Morgan fingerprint density at radius 2 is 2.06 bits per heavy atom. The van der Waals surface area contributed by atoms with Crippen molar-refractivity contribution in [3.8, 4) is 12.1 Å². The number of anilines is 1. The fourth-order valence-electron chi connectivity index (χ4n) is 4.70. The van der Waals surface area contributed by atoms with Gasteiger partial charge in [0.05, 0.1) is 30.2 Å². The van der Waals surface area contributed by atoms with Crippen LogP contribution in [0.1, 0.15) is 62.5 Å². The lowest BCUT2D eigenvalue weighted by atomic mass is 9.69. The number of hydrogen-bond donors (Lipinski definition) is 3. The molecule has 1 aromatic rings. The van der Waals surface area contributed by atoms with Crippen LogP contribution in [0.15, 0.2) is 29.3 Å². The number of allylic oxidation sites excluding steroid dienone is 2. The predicted molar refractivity (Wildman–Crippen MR) is 118 cm³/mol. The molecule has 1 aliphatic heterocycles. The molecule has 1 unspecified atom stereocenters. The number of hydrogen-bond acceptors (Lipinski definition) is 6. The van der Waals surface area contributed by atoms with Crippen molar-refractivity contribution in [3.05, 3.63) is 35.4 Å². The lowest BCUT2D eigenvalue weighted by molar-refractivity contribution is -0.110. The first-order chi connectivity index (χ1) is 15.0. The average Bonchev–Trinajstić information content (AvgIpc) is 3.30. The van der Waals surface area contributed by atoms with Crippen molar-refractivity contribution in [2.75, 3.05) is 11.9 Å². The number of nitrogens with one attached hydrogen (secondary N) is 2. The van der Waals surface area contributed by atoms with Gasteiger partial charge in [-0.15, -0.1) is 0 Å². The number of amides is 1. The summed E-state index contributed by atoms with van der Waals surface area (Å²) in [5, 5.41) is 34.8. The molecule has 0 bridgehead atoms. The van der Waals surface area contributed by atoms with Gasteiger partial charge in [0.1, 0.15) is 0 Å². The molecule has 1 aromatic carbocycles. The standard InChI is InChI=1S/C24H27N5O2/c25-13-18-14-27-22(28-18)23(31)29-21-7-6-17(12-20(21)16-4-2-1-3-5-16)24(15-26)10-8-19(30)9-11-24/h4,6-7,12,18-19,30H,1-3,5,8-11,14H2,(H,27,28)(H,29,31). The number of nitrogens with zero attached hydrogens (tertiary/aromatic N) is 3. The van der Waals surface area contributed by atoms with Gasteiger partial charge >= 0.3 is 0 Å². The van der Waals surface area contributed by atoms with Gasteiger partial charge < -0.3 is 15.7 Å². The van der Waals surface area contributed by atoms with Gasteiger partial charge in [0.25, 0.3) is 5.91 Å². The van der Waals surface area contributed by atoms with Gasteiger partial charge in [0, 0.05) is 11.3 Å². The van der Waals surface area contributed by atoms with Crippen molar-refractivity contribution >= 4 is 23.0 Å². The fraction of sp³-hybridized carbons (Fsp3) is 0.500. The number of benzene rings is 1. The number of carbonyl (C=O) groups is 1. The summed E-state index contributed by atoms with van der Waals surface area (Å²) in [5.41, 5.74) is 3.16. The molecule has 7 nitrogen and oxygen atoms in total. The van der Waals surface area contributed by atoms with Crippen LogP contribution in [0, 0.1) is 22.7 Å². The van der Waals surface area contributed by atoms with Crippen LogP contribution < -0.4 is 10.6 Å². The van der Waals surface area contributed by atoms with Crippen molar-refractivity contribution in [2.45, 2.75) is 68.9 Å². The molecular weight excluding hydrogens is 390 g/mol. The van der Waals surface area contributed by atoms with Crippen LogP contribution in [-0.4, -0.2) is 35.5 Å². The summed E-state index contributed by atoms with van der Waals surface area (Å²) in [7, 11) is 0. The van der Waals surface area contributed by atoms with E-state index in [4.69, 9.17) is 5.26 Å².